The number of benzene rings is 4. The van der Waals surface area contributed by atoms with Crippen molar-refractivity contribution in [2.24, 2.45) is 0 Å². The van der Waals surface area contributed by atoms with E-state index in [1.165, 1.54) is 63.3 Å². The van der Waals surface area contributed by atoms with E-state index in [4.69, 9.17) is 0 Å². The fraction of sp³-hybridized carbons (Fsp3) is 0.0667. The SMILES string of the molecule is Cc1ccc2sc(-c3ccccc3)c(-c3c(-c4ccccc4)sc4ccc(C)cc34)c2c1. The van der Waals surface area contributed by atoms with Crippen LogP contribution < -0.4 is 0 Å². The lowest BCUT2D eigenvalue weighted by Gasteiger charge is -2.10. The van der Waals surface area contributed by atoms with Crippen LogP contribution in [0.5, 0.6) is 0 Å². The fourth-order valence-electron chi connectivity index (χ4n) is 4.50. The topological polar surface area (TPSA) is 0 Å². The van der Waals surface area contributed by atoms with Crippen molar-refractivity contribution < 1.29 is 0 Å². The van der Waals surface area contributed by atoms with Crippen molar-refractivity contribution in [3.63, 3.8) is 0 Å². The lowest BCUT2D eigenvalue weighted by atomic mass is 9.93. The van der Waals surface area contributed by atoms with Crippen LogP contribution in [0, 0.1) is 13.8 Å². The molecule has 0 atom stereocenters. The Kier molecular flexibility index (Phi) is 4.71. The Morgan fingerprint density at radius 1 is 0.469 bits per heavy atom. The first-order valence-corrected chi connectivity index (χ1v) is 12.5. The first kappa shape index (κ1) is 19.5. The molecule has 0 aliphatic rings. The monoisotopic (exact) mass is 446 g/mol. The lowest BCUT2D eigenvalue weighted by molar-refractivity contribution is 1.51. The minimum atomic E-state index is 1.28. The standard InChI is InChI=1S/C30H22S2/c1-19-13-15-25-23(17-19)27(29(31-25)21-9-5-3-6-10-21)28-24-18-20(2)14-16-26(24)32-30(28)22-11-7-4-8-12-22/h3-18H,1-2H3. The minimum absolute atomic E-state index is 1.28. The Morgan fingerprint density at radius 2 is 0.875 bits per heavy atom. The van der Waals surface area contributed by atoms with Gasteiger partial charge < -0.3 is 0 Å². The van der Waals surface area contributed by atoms with E-state index in [9.17, 15) is 0 Å². The molecule has 0 radical (unpaired) electrons. The molecule has 0 spiro atoms. The maximum absolute atomic E-state index is 2.36. The van der Waals surface area contributed by atoms with Crippen LogP contribution in [0.3, 0.4) is 0 Å². The van der Waals surface area contributed by atoms with Gasteiger partial charge in [0.05, 0.1) is 0 Å². The first-order chi connectivity index (χ1) is 15.7. The minimum Gasteiger partial charge on any atom is -0.135 e. The van der Waals surface area contributed by atoms with Gasteiger partial charge in [-0.15, -0.1) is 22.7 Å². The van der Waals surface area contributed by atoms with E-state index in [1.807, 2.05) is 22.7 Å². The van der Waals surface area contributed by atoms with Gasteiger partial charge in [0, 0.05) is 41.1 Å². The maximum atomic E-state index is 2.36. The molecule has 0 saturated heterocycles. The summed E-state index contributed by atoms with van der Waals surface area (Å²) in [5, 5.41) is 2.71. The summed E-state index contributed by atoms with van der Waals surface area (Å²) >= 11 is 3.81. The van der Waals surface area contributed by atoms with Crippen LogP contribution in [0.25, 0.3) is 52.2 Å². The number of hydrogen-bond acceptors (Lipinski definition) is 2. The summed E-state index contributed by atoms with van der Waals surface area (Å²) in [5.74, 6) is 0. The van der Waals surface area contributed by atoms with E-state index in [0.29, 0.717) is 0 Å². The summed E-state index contributed by atoms with van der Waals surface area (Å²) < 4.78 is 2.69. The van der Waals surface area contributed by atoms with Crippen LogP contribution >= 0.6 is 22.7 Å². The zero-order valence-electron chi connectivity index (χ0n) is 18.1. The highest BCUT2D eigenvalue weighted by atomic mass is 32.1. The van der Waals surface area contributed by atoms with Crippen molar-refractivity contribution in [3.05, 3.63) is 108 Å². The van der Waals surface area contributed by atoms with Crippen LogP contribution in [-0.4, -0.2) is 0 Å². The van der Waals surface area contributed by atoms with Gasteiger partial charge in [0.2, 0.25) is 0 Å². The van der Waals surface area contributed by atoms with Crippen LogP contribution in [0.1, 0.15) is 11.1 Å². The Hall–Kier alpha value is -3.20. The molecule has 2 aromatic heterocycles. The Morgan fingerprint density at radius 3 is 1.28 bits per heavy atom. The number of aryl methyl sites for hydroxylation is 2. The summed E-state index contributed by atoms with van der Waals surface area (Å²) in [6.07, 6.45) is 0. The van der Waals surface area contributed by atoms with E-state index >= 15 is 0 Å². The molecule has 0 amide bonds. The van der Waals surface area contributed by atoms with Crippen molar-refractivity contribution in [1.29, 1.82) is 0 Å². The van der Waals surface area contributed by atoms with Gasteiger partial charge in [-0.25, -0.2) is 0 Å². The summed E-state index contributed by atoms with van der Waals surface area (Å²) in [6.45, 7) is 4.38. The van der Waals surface area contributed by atoms with E-state index in [2.05, 4.69) is 111 Å². The third kappa shape index (κ3) is 3.19. The highest BCUT2D eigenvalue weighted by molar-refractivity contribution is 7.24. The molecule has 6 rings (SSSR count). The third-order valence-electron chi connectivity index (χ3n) is 6.01. The quantitative estimate of drug-likeness (QED) is 0.254. The van der Waals surface area contributed by atoms with Crippen molar-refractivity contribution >= 4 is 42.8 Å². The average Bonchev–Trinajstić information content (AvgIpc) is 3.37. The summed E-state index contributed by atoms with van der Waals surface area (Å²) in [4.78, 5) is 2.70. The predicted octanol–water partition coefficient (Wildman–Crippen LogP) is 9.73. The molecule has 0 unspecified atom stereocenters. The lowest BCUT2D eigenvalue weighted by Crippen LogP contribution is -1.84. The summed E-state index contributed by atoms with van der Waals surface area (Å²) in [7, 11) is 0. The van der Waals surface area contributed by atoms with E-state index < -0.39 is 0 Å². The van der Waals surface area contributed by atoms with Gasteiger partial charge >= 0.3 is 0 Å². The molecule has 32 heavy (non-hydrogen) atoms. The molecule has 2 heteroatoms. The predicted molar refractivity (Wildman–Crippen MR) is 143 cm³/mol. The molecule has 4 aromatic carbocycles. The van der Waals surface area contributed by atoms with Gasteiger partial charge in [0.1, 0.15) is 0 Å². The molecule has 0 bridgehead atoms. The molecule has 0 saturated carbocycles. The van der Waals surface area contributed by atoms with Crippen molar-refractivity contribution in [2.75, 3.05) is 0 Å². The van der Waals surface area contributed by atoms with Crippen LogP contribution in [0.2, 0.25) is 0 Å². The summed E-state index contributed by atoms with van der Waals surface area (Å²) in [5.41, 5.74) is 7.91. The normalized spacial score (nSPS) is 11.4. The van der Waals surface area contributed by atoms with Crippen LogP contribution in [0.4, 0.5) is 0 Å². The molecule has 0 nitrogen and oxygen atoms in total. The zero-order chi connectivity index (χ0) is 21.7. The van der Waals surface area contributed by atoms with Crippen molar-refractivity contribution in [1.82, 2.24) is 0 Å². The van der Waals surface area contributed by atoms with Gasteiger partial charge in [-0.05, 0) is 49.2 Å². The largest absolute Gasteiger partial charge is 0.135 e. The van der Waals surface area contributed by atoms with E-state index in [1.54, 1.807) is 0 Å². The maximum Gasteiger partial charge on any atom is 0.0434 e. The number of rotatable bonds is 3. The molecule has 6 aromatic rings. The van der Waals surface area contributed by atoms with Gasteiger partial charge in [0.25, 0.3) is 0 Å². The molecule has 0 aliphatic heterocycles. The molecular formula is C30H22S2. The molecule has 0 fully saturated rings. The number of thiophene rings is 2. The fourth-order valence-corrected chi connectivity index (χ4v) is 6.89. The van der Waals surface area contributed by atoms with Gasteiger partial charge in [-0.1, -0.05) is 83.9 Å². The Bertz CT molecular complexity index is 1450. The molecular weight excluding hydrogens is 424 g/mol. The van der Waals surface area contributed by atoms with Crippen LogP contribution in [0.15, 0.2) is 97.1 Å². The Labute approximate surface area is 196 Å². The van der Waals surface area contributed by atoms with Crippen molar-refractivity contribution in [3.8, 4) is 32.0 Å². The molecule has 2 heterocycles. The van der Waals surface area contributed by atoms with Crippen molar-refractivity contribution in [2.45, 2.75) is 13.8 Å². The molecule has 0 aliphatic carbocycles. The highest BCUT2D eigenvalue weighted by Crippen LogP contribution is 2.52. The number of fused-ring (bicyclic) bond motifs is 2. The Balaban J connectivity index is 1.79. The van der Waals surface area contributed by atoms with Gasteiger partial charge in [-0.3, -0.25) is 0 Å². The average molecular weight is 447 g/mol. The first-order valence-electron chi connectivity index (χ1n) is 10.9. The summed E-state index contributed by atoms with van der Waals surface area (Å²) in [6, 6.07) is 35.5. The molecule has 154 valence electrons. The molecule has 0 N–H and O–H groups in total. The highest BCUT2D eigenvalue weighted by Gasteiger charge is 2.23. The second kappa shape index (κ2) is 7.74. The zero-order valence-corrected chi connectivity index (χ0v) is 19.7. The van der Waals surface area contributed by atoms with E-state index in [-0.39, 0.29) is 0 Å². The number of hydrogen-bond donors (Lipinski definition) is 0. The van der Waals surface area contributed by atoms with Gasteiger partial charge in [0.15, 0.2) is 0 Å². The van der Waals surface area contributed by atoms with Gasteiger partial charge in [-0.2, -0.15) is 0 Å². The van der Waals surface area contributed by atoms with Crippen LogP contribution in [-0.2, 0) is 0 Å². The second-order valence-corrected chi connectivity index (χ2v) is 10.4. The smallest absolute Gasteiger partial charge is 0.0434 e. The second-order valence-electron chi connectivity index (χ2n) is 8.34. The van der Waals surface area contributed by atoms with E-state index in [0.717, 1.165) is 0 Å². The third-order valence-corrected chi connectivity index (χ3v) is 8.45.